The summed E-state index contributed by atoms with van der Waals surface area (Å²) in [7, 11) is 0. The summed E-state index contributed by atoms with van der Waals surface area (Å²) >= 11 is 0. The van der Waals surface area contributed by atoms with Crippen LogP contribution in [-0.2, 0) is 0 Å². The van der Waals surface area contributed by atoms with Gasteiger partial charge >= 0.3 is 0 Å². The van der Waals surface area contributed by atoms with E-state index in [1.807, 2.05) is 35.2 Å². The minimum absolute atomic E-state index is 0.0124. The number of carbonyl (C=O) groups is 1. The van der Waals surface area contributed by atoms with Gasteiger partial charge < -0.3 is 14.7 Å². The molecule has 5 nitrogen and oxygen atoms in total. The van der Waals surface area contributed by atoms with Gasteiger partial charge in [0.15, 0.2) is 5.76 Å². The predicted octanol–water partition coefficient (Wildman–Crippen LogP) is 1.39. The van der Waals surface area contributed by atoms with Crippen molar-refractivity contribution in [3.05, 3.63) is 42.1 Å². The van der Waals surface area contributed by atoms with Crippen LogP contribution in [0.2, 0.25) is 0 Å². The zero-order valence-electron chi connectivity index (χ0n) is 10.5. The van der Waals surface area contributed by atoms with Gasteiger partial charge in [0.05, 0.1) is 6.20 Å². The molecule has 0 spiro atoms. The minimum atomic E-state index is -0.0124. The highest BCUT2D eigenvalue weighted by atomic mass is 16.5. The molecule has 98 valence electrons. The van der Waals surface area contributed by atoms with Crippen molar-refractivity contribution in [1.82, 2.24) is 15.4 Å². The highest BCUT2D eigenvalue weighted by molar-refractivity contribution is 5.99. The van der Waals surface area contributed by atoms with Crippen molar-refractivity contribution in [2.45, 2.75) is 0 Å². The first kappa shape index (κ1) is 11.9. The van der Waals surface area contributed by atoms with E-state index in [9.17, 15) is 4.79 Å². The molecule has 1 amide bonds. The lowest BCUT2D eigenvalue weighted by atomic mass is 10.1. The second-order valence-electron chi connectivity index (χ2n) is 4.48. The Morgan fingerprint density at radius 2 is 1.95 bits per heavy atom. The molecule has 0 atom stereocenters. The molecule has 5 heteroatoms. The lowest BCUT2D eigenvalue weighted by Crippen LogP contribution is -2.46. The van der Waals surface area contributed by atoms with Gasteiger partial charge in [0.2, 0.25) is 0 Å². The molecule has 0 saturated carbocycles. The normalized spacial score (nSPS) is 15.5. The van der Waals surface area contributed by atoms with Crippen LogP contribution in [0.15, 0.2) is 41.1 Å². The Hall–Kier alpha value is -2.14. The molecule has 1 aliphatic heterocycles. The summed E-state index contributed by atoms with van der Waals surface area (Å²) in [5, 5.41) is 7.00. The molecule has 0 radical (unpaired) electrons. The highest BCUT2D eigenvalue weighted by Crippen LogP contribution is 2.24. The summed E-state index contributed by atoms with van der Waals surface area (Å²) in [5.41, 5.74) is 1.41. The number of rotatable bonds is 2. The molecule has 19 heavy (non-hydrogen) atoms. The fourth-order valence-electron chi connectivity index (χ4n) is 2.23. The van der Waals surface area contributed by atoms with Crippen molar-refractivity contribution in [2.75, 3.05) is 26.2 Å². The second kappa shape index (κ2) is 5.24. The molecular weight excluding hydrogens is 242 g/mol. The predicted molar refractivity (Wildman–Crippen MR) is 70.7 cm³/mol. The van der Waals surface area contributed by atoms with E-state index in [0.29, 0.717) is 11.3 Å². The molecule has 1 aliphatic rings. The monoisotopic (exact) mass is 257 g/mol. The number of piperazine rings is 1. The van der Waals surface area contributed by atoms with Gasteiger partial charge in [0.25, 0.3) is 5.91 Å². The van der Waals surface area contributed by atoms with Crippen molar-refractivity contribution >= 4 is 5.91 Å². The maximum atomic E-state index is 12.5. The van der Waals surface area contributed by atoms with Crippen LogP contribution in [0.5, 0.6) is 0 Å². The molecule has 2 heterocycles. The van der Waals surface area contributed by atoms with Gasteiger partial charge in [0, 0.05) is 31.7 Å². The number of amides is 1. The van der Waals surface area contributed by atoms with Crippen LogP contribution in [0.25, 0.3) is 11.3 Å². The maximum absolute atomic E-state index is 12.5. The third-order valence-corrected chi connectivity index (χ3v) is 3.24. The van der Waals surface area contributed by atoms with Gasteiger partial charge in [-0.05, 0) is 0 Å². The fraction of sp³-hybridized carbons (Fsp3) is 0.286. The first-order valence-corrected chi connectivity index (χ1v) is 6.36. The average Bonchev–Trinajstić information content (AvgIpc) is 2.98. The topological polar surface area (TPSA) is 58.4 Å². The molecule has 1 aromatic carbocycles. The van der Waals surface area contributed by atoms with E-state index in [1.54, 1.807) is 0 Å². The van der Waals surface area contributed by atoms with Crippen LogP contribution in [0.1, 0.15) is 10.4 Å². The summed E-state index contributed by atoms with van der Waals surface area (Å²) in [6.07, 6.45) is 1.51. The van der Waals surface area contributed by atoms with Crippen LogP contribution in [0.4, 0.5) is 0 Å². The summed E-state index contributed by atoms with van der Waals surface area (Å²) in [5.74, 6) is 0.533. The molecule has 1 saturated heterocycles. The molecule has 0 bridgehead atoms. The van der Waals surface area contributed by atoms with Crippen LogP contribution >= 0.6 is 0 Å². The number of hydrogen-bond donors (Lipinski definition) is 1. The Morgan fingerprint density at radius 1 is 1.21 bits per heavy atom. The first-order valence-electron chi connectivity index (χ1n) is 6.36. The van der Waals surface area contributed by atoms with E-state index >= 15 is 0 Å². The molecule has 1 N–H and O–H groups in total. The Bertz CT molecular complexity index is 559. The highest BCUT2D eigenvalue weighted by Gasteiger charge is 2.23. The molecule has 1 fully saturated rings. The average molecular weight is 257 g/mol. The van der Waals surface area contributed by atoms with E-state index in [2.05, 4.69) is 10.5 Å². The van der Waals surface area contributed by atoms with E-state index < -0.39 is 0 Å². The van der Waals surface area contributed by atoms with Gasteiger partial charge in [-0.25, -0.2) is 0 Å². The molecule has 1 aromatic heterocycles. The quantitative estimate of drug-likeness (QED) is 0.883. The van der Waals surface area contributed by atoms with Crippen molar-refractivity contribution < 1.29 is 9.32 Å². The van der Waals surface area contributed by atoms with Gasteiger partial charge in [-0.2, -0.15) is 0 Å². The Morgan fingerprint density at radius 3 is 2.68 bits per heavy atom. The SMILES string of the molecule is O=C(c1cnoc1-c1ccccc1)N1CCNCC1. The number of nitrogens with zero attached hydrogens (tertiary/aromatic N) is 2. The van der Waals surface area contributed by atoms with Crippen molar-refractivity contribution in [1.29, 1.82) is 0 Å². The van der Waals surface area contributed by atoms with Crippen molar-refractivity contribution in [3.8, 4) is 11.3 Å². The van der Waals surface area contributed by atoms with Crippen molar-refractivity contribution in [3.63, 3.8) is 0 Å². The number of nitrogens with one attached hydrogen (secondary N) is 1. The number of carbonyl (C=O) groups excluding carboxylic acids is 1. The van der Waals surface area contributed by atoms with Crippen LogP contribution in [0.3, 0.4) is 0 Å². The lowest BCUT2D eigenvalue weighted by Gasteiger charge is -2.27. The smallest absolute Gasteiger partial charge is 0.259 e. The van der Waals surface area contributed by atoms with Gasteiger partial charge in [-0.15, -0.1) is 0 Å². The van der Waals surface area contributed by atoms with E-state index in [0.717, 1.165) is 31.7 Å². The molecule has 2 aromatic rings. The van der Waals surface area contributed by atoms with E-state index in [-0.39, 0.29) is 5.91 Å². The van der Waals surface area contributed by atoms with E-state index in [1.165, 1.54) is 6.20 Å². The zero-order valence-corrected chi connectivity index (χ0v) is 10.5. The summed E-state index contributed by atoms with van der Waals surface area (Å²) < 4.78 is 5.25. The molecule has 3 rings (SSSR count). The van der Waals surface area contributed by atoms with Crippen molar-refractivity contribution in [2.24, 2.45) is 0 Å². The minimum Gasteiger partial charge on any atom is -0.355 e. The fourth-order valence-corrected chi connectivity index (χ4v) is 2.23. The van der Waals surface area contributed by atoms with Crippen LogP contribution in [0, 0.1) is 0 Å². The third-order valence-electron chi connectivity index (χ3n) is 3.24. The van der Waals surface area contributed by atoms with E-state index in [4.69, 9.17) is 4.52 Å². The lowest BCUT2D eigenvalue weighted by molar-refractivity contribution is 0.0736. The summed E-state index contributed by atoms with van der Waals surface area (Å²) in [6, 6.07) is 9.58. The second-order valence-corrected chi connectivity index (χ2v) is 4.48. The van der Waals surface area contributed by atoms with Crippen LogP contribution < -0.4 is 5.32 Å². The third kappa shape index (κ3) is 2.37. The van der Waals surface area contributed by atoms with Gasteiger partial charge in [-0.3, -0.25) is 4.79 Å². The Labute approximate surface area is 111 Å². The molecule has 0 aliphatic carbocycles. The standard InChI is InChI=1S/C14H15N3O2/c18-14(17-8-6-15-7-9-17)12-10-16-19-13(12)11-4-2-1-3-5-11/h1-5,10,15H,6-9H2. The first-order chi connectivity index (χ1) is 9.36. The number of aromatic nitrogens is 1. The zero-order chi connectivity index (χ0) is 13.1. The largest absolute Gasteiger partial charge is 0.355 e. The molecular formula is C14H15N3O2. The summed E-state index contributed by atoms with van der Waals surface area (Å²) in [6.45, 7) is 3.10. The van der Waals surface area contributed by atoms with Gasteiger partial charge in [-0.1, -0.05) is 35.5 Å². The van der Waals surface area contributed by atoms with Gasteiger partial charge in [0.1, 0.15) is 5.56 Å². The summed E-state index contributed by atoms with van der Waals surface area (Å²) in [4.78, 5) is 14.3. The number of benzene rings is 1. The van der Waals surface area contributed by atoms with Crippen LogP contribution in [-0.4, -0.2) is 42.1 Å². The Kier molecular flexibility index (Phi) is 3.29. The number of hydrogen-bond acceptors (Lipinski definition) is 4. The Balaban J connectivity index is 1.89. The maximum Gasteiger partial charge on any atom is 0.259 e. The molecule has 0 unspecified atom stereocenters.